The van der Waals surface area contributed by atoms with Gasteiger partial charge in [-0.25, -0.2) is 4.39 Å². The van der Waals surface area contributed by atoms with E-state index < -0.39 is 35.2 Å². The van der Waals surface area contributed by atoms with Crippen molar-refractivity contribution in [1.82, 2.24) is 0 Å². The maximum absolute atomic E-state index is 15.0. The molecule has 3 aromatic rings. The van der Waals surface area contributed by atoms with Gasteiger partial charge in [-0.1, -0.05) is 91.0 Å². The van der Waals surface area contributed by atoms with Gasteiger partial charge in [-0.05, 0) is 30.5 Å². The monoisotopic (exact) mass is 444 g/mol. The Morgan fingerprint density at radius 2 is 1.21 bits per heavy atom. The van der Waals surface area contributed by atoms with Crippen LogP contribution in [0.25, 0.3) is 0 Å². The third-order valence-electron chi connectivity index (χ3n) is 6.18. The molecule has 33 heavy (non-hydrogen) atoms. The number of carbonyl (C=O) groups excluding carboxylic acids is 1. The van der Waals surface area contributed by atoms with E-state index in [1.165, 1.54) is 0 Å². The Labute approximate surface area is 192 Å². The molecular formula is C28H25FO4. The maximum Gasteiger partial charge on any atom is 0.223 e. The fourth-order valence-corrected chi connectivity index (χ4v) is 4.72. The molecule has 0 unspecified atom stereocenters. The first-order valence-electron chi connectivity index (χ1n) is 11.0. The molecule has 1 aliphatic carbocycles. The molecule has 0 radical (unpaired) electrons. The van der Waals surface area contributed by atoms with Gasteiger partial charge in [0.1, 0.15) is 11.7 Å². The second-order valence-corrected chi connectivity index (χ2v) is 8.75. The van der Waals surface area contributed by atoms with E-state index in [2.05, 4.69) is 0 Å². The van der Waals surface area contributed by atoms with Gasteiger partial charge in [0.2, 0.25) is 5.78 Å². The standard InChI is InChI=1S/C28H25FO4/c1-27(2)32-25-22(23(29)24(30)26(25)33-27)18-31-28(19-12-6-3-7-13-19,20-14-8-4-9-15-20)21-16-10-5-11-17-21/h3-17,25-26H,18H2,1-2H3/t25-,26+/m1/s1. The fourth-order valence-electron chi connectivity index (χ4n) is 4.72. The minimum Gasteiger partial charge on any atom is -0.356 e. The zero-order chi connectivity index (χ0) is 23.1. The Balaban J connectivity index is 1.61. The van der Waals surface area contributed by atoms with Crippen LogP contribution in [0.4, 0.5) is 4.39 Å². The Morgan fingerprint density at radius 1 is 0.788 bits per heavy atom. The molecule has 168 valence electrons. The predicted molar refractivity (Wildman–Crippen MR) is 122 cm³/mol. The molecule has 0 aromatic heterocycles. The first-order chi connectivity index (χ1) is 15.9. The predicted octanol–water partition coefficient (Wildman–Crippen LogP) is 5.32. The first kappa shape index (κ1) is 21.7. The number of fused-ring (bicyclic) bond motifs is 1. The van der Waals surface area contributed by atoms with E-state index in [0.29, 0.717) is 0 Å². The summed E-state index contributed by atoms with van der Waals surface area (Å²) in [6, 6.07) is 29.5. The van der Waals surface area contributed by atoms with Crippen LogP contribution in [0.3, 0.4) is 0 Å². The number of rotatable bonds is 6. The molecule has 0 bridgehead atoms. The highest BCUT2D eigenvalue weighted by molar-refractivity contribution is 6.01. The van der Waals surface area contributed by atoms with Crippen LogP contribution in [0.1, 0.15) is 30.5 Å². The van der Waals surface area contributed by atoms with Crippen LogP contribution < -0.4 is 0 Å². The van der Waals surface area contributed by atoms with Gasteiger partial charge in [0.25, 0.3) is 0 Å². The topological polar surface area (TPSA) is 44.8 Å². The van der Waals surface area contributed by atoms with Crippen LogP contribution in [0.5, 0.6) is 0 Å². The third-order valence-corrected chi connectivity index (χ3v) is 6.18. The number of hydrogen-bond acceptors (Lipinski definition) is 4. The highest BCUT2D eigenvalue weighted by Crippen LogP contribution is 2.44. The normalized spacial score (nSPS) is 22.0. The average molecular weight is 445 g/mol. The van der Waals surface area contributed by atoms with Crippen LogP contribution in [0.2, 0.25) is 0 Å². The van der Waals surface area contributed by atoms with Gasteiger partial charge in [-0.3, -0.25) is 4.79 Å². The van der Waals surface area contributed by atoms with E-state index in [4.69, 9.17) is 14.2 Å². The number of halogens is 1. The van der Waals surface area contributed by atoms with Crippen molar-refractivity contribution < 1.29 is 23.4 Å². The maximum atomic E-state index is 15.0. The highest BCUT2D eigenvalue weighted by Gasteiger charge is 2.54. The summed E-state index contributed by atoms with van der Waals surface area (Å²) in [4.78, 5) is 12.5. The van der Waals surface area contributed by atoms with Gasteiger partial charge >= 0.3 is 0 Å². The van der Waals surface area contributed by atoms with Gasteiger partial charge in [0.05, 0.1) is 6.61 Å². The van der Waals surface area contributed by atoms with Crippen molar-refractivity contribution in [3.8, 4) is 0 Å². The summed E-state index contributed by atoms with van der Waals surface area (Å²) in [6.45, 7) is 3.31. The van der Waals surface area contributed by atoms with Crippen molar-refractivity contribution >= 4 is 5.78 Å². The van der Waals surface area contributed by atoms with Crippen molar-refractivity contribution in [2.24, 2.45) is 0 Å². The SMILES string of the molecule is CC1(C)O[C@@H]2C(COC(c3ccccc3)(c3ccccc3)c3ccccc3)=C(F)C(=O)[C@@H]2O1. The number of ketones is 1. The van der Waals surface area contributed by atoms with Crippen LogP contribution in [-0.2, 0) is 24.6 Å². The average Bonchev–Trinajstić information content (AvgIpc) is 3.27. The molecule has 1 aliphatic heterocycles. The van der Waals surface area contributed by atoms with E-state index in [-0.39, 0.29) is 12.2 Å². The minimum atomic E-state index is -1.02. The van der Waals surface area contributed by atoms with Gasteiger partial charge in [-0.15, -0.1) is 0 Å². The molecule has 1 fully saturated rings. The van der Waals surface area contributed by atoms with Gasteiger partial charge in [0.15, 0.2) is 17.7 Å². The lowest BCUT2D eigenvalue weighted by Gasteiger charge is -2.36. The molecule has 2 aliphatic rings. The van der Waals surface area contributed by atoms with Crippen LogP contribution in [0.15, 0.2) is 102 Å². The van der Waals surface area contributed by atoms with Gasteiger partial charge in [0, 0.05) is 5.57 Å². The molecule has 5 heteroatoms. The highest BCUT2D eigenvalue weighted by atomic mass is 19.1. The van der Waals surface area contributed by atoms with Crippen molar-refractivity contribution in [2.75, 3.05) is 6.61 Å². The number of carbonyl (C=O) groups is 1. The fraction of sp³-hybridized carbons (Fsp3) is 0.250. The quantitative estimate of drug-likeness (QED) is 0.483. The van der Waals surface area contributed by atoms with E-state index in [0.717, 1.165) is 16.7 Å². The van der Waals surface area contributed by atoms with Crippen molar-refractivity contribution in [2.45, 2.75) is 37.4 Å². The Bertz CT molecular complexity index is 1080. The summed E-state index contributed by atoms with van der Waals surface area (Å²) in [6.07, 6.45) is -1.77. The minimum absolute atomic E-state index is 0.128. The molecule has 4 nitrogen and oxygen atoms in total. The summed E-state index contributed by atoms with van der Waals surface area (Å²) in [5.41, 5.74) is 1.85. The Hall–Kier alpha value is -3.12. The molecule has 3 aromatic carbocycles. The molecule has 0 spiro atoms. The van der Waals surface area contributed by atoms with E-state index in [1.807, 2.05) is 91.0 Å². The number of Topliss-reactive ketones (excluding diaryl/α,β-unsaturated/α-hetero) is 1. The molecule has 1 heterocycles. The molecule has 0 saturated carbocycles. The van der Waals surface area contributed by atoms with Crippen LogP contribution >= 0.6 is 0 Å². The van der Waals surface area contributed by atoms with Gasteiger partial charge in [-0.2, -0.15) is 0 Å². The molecule has 2 atom stereocenters. The van der Waals surface area contributed by atoms with Crippen molar-refractivity contribution in [3.05, 3.63) is 119 Å². The number of benzene rings is 3. The molecule has 1 saturated heterocycles. The zero-order valence-electron chi connectivity index (χ0n) is 18.5. The van der Waals surface area contributed by atoms with Gasteiger partial charge < -0.3 is 14.2 Å². The Kier molecular flexibility index (Phi) is 5.49. The lowest BCUT2D eigenvalue weighted by Crippen LogP contribution is -2.35. The molecule has 0 amide bonds. The number of hydrogen-bond donors (Lipinski definition) is 0. The Morgan fingerprint density at radius 3 is 1.67 bits per heavy atom. The smallest absolute Gasteiger partial charge is 0.223 e. The molecular weight excluding hydrogens is 419 g/mol. The van der Waals surface area contributed by atoms with Crippen molar-refractivity contribution in [1.29, 1.82) is 0 Å². The van der Waals surface area contributed by atoms with E-state index in [9.17, 15) is 4.79 Å². The second-order valence-electron chi connectivity index (χ2n) is 8.75. The second kappa shape index (κ2) is 8.34. The largest absolute Gasteiger partial charge is 0.356 e. The van der Waals surface area contributed by atoms with E-state index in [1.54, 1.807) is 13.8 Å². The van der Waals surface area contributed by atoms with E-state index >= 15 is 4.39 Å². The lowest BCUT2D eigenvalue weighted by molar-refractivity contribution is -0.155. The summed E-state index contributed by atoms with van der Waals surface area (Å²) in [7, 11) is 0. The molecule has 5 rings (SSSR count). The lowest BCUT2D eigenvalue weighted by atomic mass is 9.80. The summed E-state index contributed by atoms with van der Waals surface area (Å²) < 4.78 is 33.3. The molecule has 0 N–H and O–H groups in total. The summed E-state index contributed by atoms with van der Waals surface area (Å²) in [5.74, 6) is -2.48. The first-order valence-corrected chi connectivity index (χ1v) is 11.0. The zero-order valence-corrected chi connectivity index (χ0v) is 18.5. The van der Waals surface area contributed by atoms with Crippen LogP contribution in [-0.4, -0.2) is 30.4 Å². The van der Waals surface area contributed by atoms with Crippen molar-refractivity contribution in [3.63, 3.8) is 0 Å². The van der Waals surface area contributed by atoms with Crippen LogP contribution in [0, 0.1) is 0 Å². The summed E-state index contributed by atoms with van der Waals surface area (Å²) >= 11 is 0. The summed E-state index contributed by atoms with van der Waals surface area (Å²) in [5, 5.41) is 0. The number of ether oxygens (including phenoxy) is 3. The third kappa shape index (κ3) is 3.72.